The normalized spacial score (nSPS) is 22.4. The maximum Gasteiger partial charge on any atom is 0.250 e. The van der Waals surface area contributed by atoms with E-state index in [1.807, 2.05) is 12.1 Å². The molecule has 1 aromatic carbocycles. The van der Waals surface area contributed by atoms with Gasteiger partial charge in [-0.25, -0.2) is 4.98 Å². The number of nitrogens with one attached hydrogen (secondary N) is 1. The number of halogens is 1. The molecule has 0 spiro atoms. The first-order chi connectivity index (χ1) is 9.15. The summed E-state index contributed by atoms with van der Waals surface area (Å²) in [5, 5.41) is 0. The van der Waals surface area contributed by atoms with Gasteiger partial charge in [-0.15, -0.1) is 12.4 Å². The SMILES string of the molecule is Cl.NC(=O)c1cccc2[nH]c(C3CCC(N)CC3)nc12. The molecule has 0 aliphatic heterocycles. The third-order valence-corrected chi connectivity index (χ3v) is 3.96. The van der Waals surface area contributed by atoms with E-state index in [9.17, 15) is 4.79 Å². The van der Waals surface area contributed by atoms with Gasteiger partial charge in [-0.2, -0.15) is 0 Å². The number of rotatable bonds is 2. The lowest BCUT2D eigenvalue weighted by atomic mass is 9.86. The third-order valence-electron chi connectivity index (χ3n) is 3.96. The first-order valence-electron chi connectivity index (χ1n) is 6.69. The molecule has 5 nitrogen and oxygen atoms in total. The zero-order valence-electron chi connectivity index (χ0n) is 11.1. The molecule has 3 rings (SSSR count). The van der Waals surface area contributed by atoms with Crippen LogP contribution in [0.1, 0.15) is 47.8 Å². The molecule has 0 unspecified atom stereocenters. The van der Waals surface area contributed by atoms with E-state index in [2.05, 4.69) is 9.97 Å². The van der Waals surface area contributed by atoms with Gasteiger partial charge in [0.1, 0.15) is 11.3 Å². The number of imidazole rings is 1. The van der Waals surface area contributed by atoms with Crippen LogP contribution in [0, 0.1) is 0 Å². The number of hydrogen-bond acceptors (Lipinski definition) is 3. The number of aromatic nitrogens is 2. The van der Waals surface area contributed by atoms with Crippen LogP contribution < -0.4 is 11.5 Å². The molecule has 1 aliphatic carbocycles. The number of nitrogens with two attached hydrogens (primary N) is 2. The van der Waals surface area contributed by atoms with E-state index in [1.165, 1.54) is 0 Å². The van der Waals surface area contributed by atoms with Crippen molar-refractivity contribution in [1.29, 1.82) is 0 Å². The highest BCUT2D eigenvalue weighted by atomic mass is 35.5. The largest absolute Gasteiger partial charge is 0.366 e. The van der Waals surface area contributed by atoms with Gasteiger partial charge in [-0.3, -0.25) is 4.79 Å². The average Bonchev–Trinajstić information content (AvgIpc) is 2.82. The highest BCUT2D eigenvalue weighted by Gasteiger charge is 2.23. The Labute approximate surface area is 123 Å². The second-order valence-corrected chi connectivity index (χ2v) is 5.30. The Kier molecular flexibility index (Phi) is 4.30. The topological polar surface area (TPSA) is 97.8 Å². The Morgan fingerprint density at radius 3 is 2.60 bits per heavy atom. The van der Waals surface area contributed by atoms with Gasteiger partial charge in [0, 0.05) is 12.0 Å². The number of carbonyl (C=O) groups excluding carboxylic acids is 1. The van der Waals surface area contributed by atoms with Gasteiger partial charge in [0.15, 0.2) is 0 Å². The van der Waals surface area contributed by atoms with Crippen LogP contribution in [0.2, 0.25) is 0 Å². The summed E-state index contributed by atoms with van der Waals surface area (Å²) in [7, 11) is 0. The number of primary amides is 1. The number of carbonyl (C=O) groups is 1. The molecule has 2 aromatic rings. The van der Waals surface area contributed by atoms with Crippen LogP contribution in [0.4, 0.5) is 0 Å². The van der Waals surface area contributed by atoms with E-state index < -0.39 is 5.91 Å². The van der Waals surface area contributed by atoms with E-state index in [1.54, 1.807) is 6.07 Å². The van der Waals surface area contributed by atoms with Crippen molar-refractivity contribution in [2.75, 3.05) is 0 Å². The van der Waals surface area contributed by atoms with Crippen LogP contribution in [0.15, 0.2) is 18.2 Å². The van der Waals surface area contributed by atoms with Crippen molar-refractivity contribution in [1.82, 2.24) is 9.97 Å². The van der Waals surface area contributed by atoms with E-state index in [0.717, 1.165) is 37.0 Å². The molecule has 5 N–H and O–H groups in total. The number of hydrogen-bond donors (Lipinski definition) is 3. The Balaban J connectivity index is 0.00000147. The monoisotopic (exact) mass is 294 g/mol. The fourth-order valence-electron chi connectivity index (χ4n) is 2.84. The molecule has 20 heavy (non-hydrogen) atoms. The summed E-state index contributed by atoms with van der Waals surface area (Å²) in [5.74, 6) is 0.929. The molecule has 1 aromatic heterocycles. The fourth-order valence-corrected chi connectivity index (χ4v) is 2.84. The van der Waals surface area contributed by atoms with Gasteiger partial charge >= 0.3 is 0 Å². The zero-order chi connectivity index (χ0) is 13.4. The molecule has 108 valence electrons. The van der Waals surface area contributed by atoms with Crippen LogP contribution in [0.5, 0.6) is 0 Å². The Hall–Kier alpha value is -1.59. The first kappa shape index (κ1) is 14.8. The standard InChI is InChI=1S/C14H18N4O.ClH/c15-9-6-4-8(5-7-9)14-17-11-3-1-2-10(13(16)19)12(11)18-14;/h1-3,8-9H,4-7,15H2,(H2,16,19)(H,17,18);1H. The highest BCUT2D eigenvalue weighted by Crippen LogP contribution is 2.32. The van der Waals surface area contributed by atoms with Gasteiger partial charge in [-0.1, -0.05) is 6.07 Å². The van der Waals surface area contributed by atoms with Gasteiger partial charge in [0.05, 0.1) is 11.1 Å². The summed E-state index contributed by atoms with van der Waals surface area (Å²) in [6, 6.07) is 5.78. The Morgan fingerprint density at radius 2 is 1.95 bits per heavy atom. The second kappa shape index (κ2) is 5.81. The summed E-state index contributed by atoms with van der Waals surface area (Å²) >= 11 is 0. The zero-order valence-corrected chi connectivity index (χ0v) is 12.0. The second-order valence-electron chi connectivity index (χ2n) is 5.30. The maximum atomic E-state index is 11.4. The van der Waals surface area contributed by atoms with Crippen molar-refractivity contribution < 1.29 is 4.79 Å². The fraction of sp³-hybridized carbons (Fsp3) is 0.429. The average molecular weight is 295 g/mol. The van der Waals surface area contributed by atoms with Crippen LogP contribution in [-0.4, -0.2) is 21.9 Å². The smallest absolute Gasteiger partial charge is 0.250 e. The number of nitrogens with zero attached hydrogens (tertiary/aromatic N) is 1. The van der Waals surface area contributed by atoms with Crippen LogP contribution in [-0.2, 0) is 0 Å². The predicted octanol–water partition coefficient (Wildman–Crippen LogP) is 2.07. The summed E-state index contributed by atoms with van der Waals surface area (Å²) in [4.78, 5) is 19.3. The lowest BCUT2D eigenvalue weighted by molar-refractivity contribution is 0.100. The molecule has 1 fully saturated rings. The summed E-state index contributed by atoms with van der Waals surface area (Å²) < 4.78 is 0. The molecule has 1 saturated carbocycles. The van der Waals surface area contributed by atoms with E-state index >= 15 is 0 Å². The molecular weight excluding hydrogens is 276 g/mol. The minimum absolute atomic E-state index is 0. The first-order valence-corrected chi connectivity index (χ1v) is 6.69. The van der Waals surface area contributed by atoms with E-state index in [-0.39, 0.29) is 12.4 Å². The van der Waals surface area contributed by atoms with Gasteiger partial charge in [-0.05, 0) is 37.8 Å². The van der Waals surface area contributed by atoms with Crippen molar-refractivity contribution in [2.45, 2.75) is 37.6 Å². The number of amides is 1. The van der Waals surface area contributed by atoms with Crippen LogP contribution >= 0.6 is 12.4 Å². The molecule has 1 amide bonds. The number of fused-ring (bicyclic) bond motifs is 1. The predicted molar refractivity (Wildman–Crippen MR) is 81.0 cm³/mol. The minimum atomic E-state index is -0.436. The molecule has 0 atom stereocenters. The van der Waals surface area contributed by atoms with Crippen molar-refractivity contribution in [3.63, 3.8) is 0 Å². The lowest BCUT2D eigenvalue weighted by Crippen LogP contribution is -2.26. The highest BCUT2D eigenvalue weighted by molar-refractivity contribution is 6.04. The van der Waals surface area contributed by atoms with Crippen LogP contribution in [0.3, 0.4) is 0 Å². The maximum absolute atomic E-state index is 11.4. The van der Waals surface area contributed by atoms with Gasteiger partial charge in [0.25, 0.3) is 5.91 Å². The molecule has 0 bridgehead atoms. The number of H-pyrrole nitrogens is 1. The molecule has 0 radical (unpaired) electrons. The van der Waals surface area contributed by atoms with Crippen LogP contribution in [0.25, 0.3) is 11.0 Å². The Morgan fingerprint density at radius 1 is 1.25 bits per heavy atom. The Bertz CT molecular complexity index is 617. The third kappa shape index (κ3) is 2.64. The summed E-state index contributed by atoms with van der Waals surface area (Å²) in [6.45, 7) is 0. The minimum Gasteiger partial charge on any atom is -0.366 e. The quantitative estimate of drug-likeness (QED) is 0.791. The number of para-hydroxylation sites is 1. The van der Waals surface area contributed by atoms with Crippen molar-refractivity contribution in [2.24, 2.45) is 11.5 Å². The van der Waals surface area contributed by atoms with E-state index in [0.29, 0.717) is 23.0 Å². The van der Waals surface area contributed by atoms with Crippen molar-refractivity contribution in [3.8, 4) is 0 Å². The molecule has 1 aliphatic rings. The molecule has 1 heterocycles. The van der Waals surface area contributed by atoms with Crippen molar-refractivity contribution >= 4 is 29.3 Å². The van der Waals surface area contributed by atoms with Gasteiger partial charge in [0.2, 0.25) is 0 Å². The summed E-state index contributed by atoms with van der Waals surface area (Å²) in [5.41, 5.74) is 13.3. The lowest BCUT2D eigenvalue weighted by Gasteiger charge is -2.24. The number of aromatic amines is 1. The number of benzene rings is 1. The molecule has 0 saturated heterocycles. The van der Waals surface area contributed by atoms with E-state index in [4.69, 9.17) is 11.5 Å². The van der Waals surface area contributed by atoms with Crippen molar-refractivity contribution in [3.05, 3.63) is 29.6 Å². The summed E-state index contributed by atoms with van der Waals surface area (Å²) in [6.07, 6.45) is 4.16. The molecule has 6 heteroatoms. The van der Waals surface area contributed by atoms with Gasteiger partial charge < -0.3 is 16.5 Å². The molecular formula is C14H19ClN4O.